The summed E-state index contributed by atoms with van der Waals surface area (Å²) in [4.78, 5) is 15.7. The van der Waals surface area contributed by atoms with E-state index in [0.717, 1.165) is 99.5 Å². The fraction of sp³-hybridized carbons (Fsp3) is 0. The van der Waals surface area contributed by atoms with Gasteiger partial charge in [0.1, 0.15) is 11.2 Å². The van der Waals surface area contributed by atoms with E-state index in [1.807, 2.05) is 30.3 Å². The van der Waals surface area contributed by atoms with Crippen molar-refractivity contribution >= 4 is 76.2 Å². The summed E-state index contributed by atoms with van der Waals surface area (Å²) < 4.78 is 6.74. The summed E-state index contributed by atoms with van der Waals surface area (Å²) >= 11 is 0. The van der Waals surface area contributed by atoms with Crippen molar-refractivity contribution in [3.05, 3.63) is 188 Å². The lowest BCUT2D eigenvalue weighted by atomic mass is 9.93. The number of hydrogen-bond donors (Lipinski definition) is 0. The highest BCUT2D eigenvalue weighted by molar-refractivity contribution is 6.23. The zero-order valence-corrected chi connectivity index (χ0v) is 30.6. The number of rotatable bonds is 4. The third kappa shape index (κ3) is 5.04. The van der Waals surface area contributed by atoms with Gasteiger partial charge < -0.3 is 4.42 Å². The van der Waals surface area contributed by atoms with E-state index in [1.54, 1.807) is 0 Å². The van der Waals surface area contributed by atoms with Crippen LogP contribution in [0.4, 0.5) is 0 Å². The summed E-state index contributed by atoms with van der Waals surface area (Å²) in [6.07, 6.45) is 0. The molecular weight excluding hydrogens is 695 g/mol. The van der Waals surface area contributed by atoms with Crippen LogP contribution in [0.25, 0.3) is 121 Å². The monoisotopic (exact) mass is 725 g/mol. The second-order valence-corrected chi connectivity index (χ2v) is 14.7. The molecule has 0 unspecified atom stereocenters. The summed E-state index contributed by atoms with van der Waals surface area (Å²) in [6, 6.07) is 66.0. The van der Waals surface area contributed by atoms with Crippen LogP contribution < -0.4 is 0 Å². The molecule has 4 heteroatoms. The van der Waals surface area contributed by atoms with E-state index in [9.17, 15) is 0 Å². The molecule has 0 amide bonds. The highest BCUT2D eigenvalue weighted by Crippen LogP contribution is 2.44. The molecule has 0 aliphatic rings. The number of benzene rings is 8. The van der Waals surface area contributed by atoms with Crippen molar-refractivity contribution in [2.75, 3.05) is 0 Å². The molecule has 0 spiro atoms. The molecule has 264 valence electrons. The first-order valence-electron chi connectivity index (χ1n) is 19.3. The minimum atomic E-state index is 0.850. The van der Waals surface area contributed by atoms with Gasteiger partial charge in [0.2, 0.25) is 0 Å². The minimum Gasteiger partial charge on any atom is -0.455 e. The van der Waals surface area contributed by atoms with Crippen molar-refractivity contribution in [3.63, 3.8) is 0 Å². The standard InChI is InChI=1S/C53H31N3O/c1-2-10-33(11-3-1)45-27-24-35-22-23-36-25-28-46(55-51(36)50(35)54-45)34-20-18-32(19-21-34)37-26-29-47-44(30-37)53-49(42-16-8-9-17-48(42)57-53)52(56-47)43-31-38-12-4-5-13-39(38)40-14-6-7-15-41(40)43/h1-31H. The highest BCUT2D eigenvalue weighted by Gasteiger charge is 2.20. The molecule has 4 heterocycles. The zero-order chi connectivity index (χ0) is 37.5. The van der Waals surface area contributed by atoms with E-state index in [2.05, 4.69) is 158 Å². The second-order valence-electron chi connectivity index (χ2n) is 14.7. The molecule has 0 saturated heterocycles. The Hall–Kier alpha value is -7.69. The maximum Gasteiger partial charge on any atom is 0.147 e. The third-order valence-corrected chi connectivity index (χ3v) is 11.4. The molecule has 0 atom stereocenters. The fourth-order valence-corrected chi connectivity index (χ4v) is 8.62. The lowest BCUT2D eigenvalue weighted by molar-refractivity contribution is 0.672. The molecule has 4 aromatic heterocycles. The van der Waals surface area contributed by atoms with Gasteiger partial charge in [-0.3, -0.25) is 0 Å². The third-order valence-electron chi connectivity index (χ3n) is 11.4. The summed E-state index contributed by atoms with van der Waals surface area (Å²) in [5.74, 6) is 0. The molecule has 0 saturated carbocycles. The van der Waals surface area contributed by atoms with E-state index in [4.69, 9.17) is 19.4 Å². The fourth-order valence-electron chi connectivity index (χ4n) is 8.62. The quantitative estimate of drug-likeness (QED) is 0.170. The van der Waals surface area contributed by atoms with Crippen molar-refractivity contribution in [3.8, 4) is 44.9 Å². The van der Waals surface area contributed by atoms with Crippen LogP contribution in [0.15, 0.2) is 192 Å². The number of pyridine rings is 3. The predicted octanol–water partition coefficient (Wildman–Crippen LogP) is 14.2. The molecule has 12 aromatic rings. The number of aromatic nitrogens is 3. The van der Waals surface area contributed by atoms with Crippen LogP contribution in [-0.2, 0) is 0 Å². The summed E-state index contributed by atoms with van der Waals surface area (Å²) in [6.45, 7) is 0. The normalized spacial score (nSPS) is 11.9. The number of nitrogens with zero attached hydrogens (tertiary/aromatic N) is 3. The molecule has 0 bridgehead atoms. The van der Waals surface area contributed by atoms with Gasteiger partial charge in [-0.15, -0.1) is 0 Å². The van der Waals surface area contributed by atoms with Crippen molar-refractivity contribution in [1.82, 2.24) is 15.0 Å². The Bertz CT molecular complexity index is 3570. The van der Waals surface area contributed by atoms with Gasteiger partial charge in [-0.1, -0.05) is 152 Å². The average Bonchev–Trinajstić information content (AvgIpc) is 3.68. The number of fused-ring (bicyclic) bond motifs is 11. The lowest BCUT2D eigenvalue weighted by Gasteiger charge is -2.13. The molecule has 0 fully saturated rings. The van der Waals surface area contributed by atoms with Gasteiger partial charge in [0.05, 0.1) is 39.0 Å². The maximum absolute atomic E-state index is 6.74. The van der Waals surface area contributed by atoms with E-state index in [-0.39, 0.29) is 0 Å². The van der Waals surface area contributed by atoms with Gasteiger partial charge in [0.25, 0.3) is 0 Å². The molecule has 0 N–H and O–H groups in total. The topological polar surface area (TPSA) is 51.8 Å². The number of para-hydroxylation sites is 1. The van der Waals surface area contributed by atoms with E-state index in [1.165, 1.54) is 21.5 Å². The van der Waals surface area contributed by atoms with Gasteiger partial charge in [-0.2, -0.15) is 0 Å². The number of furan rings is 1. The molecule has 0 aliphatic carbocycles. The van der Waals surface area contributed by atoms with Crippen LogP contribution in [0, 0.1) is 0 Å². The van der Waals surface area contributed by atoms with Gasteiger partial charge >= 0.3 is 0 Å². The Morgan fingerprint density at radius 3 is 1.68 bits per heavy atom. The van der Waals surface area contributed by atoms with Crippen LogP contribution >= 0.6 is 0 Å². The average molecular weight is 726 g/mol. The molecule has 12 rings (SSSR count). The summed E-state index contributed by atoms with van der Waals surface area (Å²) in [5, 5.41) is 10.0. The Morgan fingerprint density at radius 2 is 0.930 bits per heavy atom. The molecule has 8 aromatic carbocycles. The van der Waals surface area contributed by atoms with Crippen molar-refractivity contribution in [1.29, 1.82) is 0 Å². The van der Waals surface area contributed by atoms with Gasteiger partial charge in [-0.05, 0) is 69.1 Å². The Kier molecular flexibility index (Phi) is 6.89. The van der Waals surface area contributed by atoms with Crippen LogP contribution in [0.2, 0.25) is 0 Å². The van der Waals surface area contributed by atoms with Gasteiger partial charge in [-0.25, -0.2) is 15.0 Å². The van der Waals surface area contributed by atoms with Crippen molar-refractivity contribution < 1.29 is 4.42 Å². The molecule has 57 heavy (non-hydrogen) atoms. The molecule has 0 radical (unpaired) electrons. The lowest BCUT2D eigenvalue weighted by Crippen LogP contribution is -1.92. The SMILES string of the molecule is c1ccc(-c2ccc3ccc4ccc(-c5ccc(-c6ccc7nc(-c8cc9ccccc9c9ccccc89)c8c9ccccc9oc8c7c6)cc5)nc4c3n2)cc1. The minimum absolute atomic E-state index is 0.850. The first-order valence-corrected chi connectivity index (χ1v) is 19.3. The van der Waals surface area contributed by atoms with Gasteiger partial charge in [0.15, 0.2) is 0 Å². The largest absolute Gasteiger partial charge is 0.455 e. The smallest absolute Gasteiger partial charge is 0.147 e. The molecule has 0 aliphatic heterocycles. The maximum atomic E-state index is 6.74. The van der Waals surface area contributed by atoms with E-state index >= 15 is 0 Å². The van der Waals surface area contributed by atoms with Crippen LogP contribution in [0.3, 0.4) is 0 Å². The van der Waals surface area contributed by atoms with Crippen LogP contribution in [0.5, 0.6) is 0 Å². The Morgan fingerprint density at radius 1 is 0.351 bits per heavy atom. The number of hydrogen-bond acceptors (Lipinski definition) is 4. The predicted molar refractivity (Wildman–Crippen MR) is 236 cm³/mol. The second kappa shape index (κ2) is 12.4. The first-order chi connectivity index (χ1) is 28.2. The van der Waals surface area contributed by atoms with Crippen molar-refractivity contribution in [2.24, 2.45) is 0 Å². The Labute approximate surface area is 327 Å². The summed E-state index contributed by atoms with van der Waals surface area (Å²) in [7, 11) is 0. The first kappa shape index (κ1) is 31.6. The van der Waals surface area contributed by atoms with Gasteiger partial charge in [0, 0.05) is 38.2 Å². The Balaban J connectivity index is 0.977. The van der Waals surface area contributed by atoms with E-state index in [0.29, 0.717) is 0 Å². The molecule has 4 nitrogen and oxygen atoms in total. The van der Waals surface area contributed by atoms with Crippen molar-refractivity contribution in [2.45, 2.75) is 0 Å². The van der Waals surface area contributed by atoms with E-state index < -0.39 is 0 Å². The summed E-state index contributed by atoms with van der Waals surface area (Å²) in [5.41, 5.74) is 12.6. The van der Waals surface area contributed by atoms with Crippen LogP contribution in [0.1, 0.15) is 0 Å². The molecular formula is C53H31N3O. The zero-order valence-electron chi connectivity index (χ0n) is 30.6. The highest BCUT2D eigenvalue weighted by atomic mass is 16.3. The van der Waals surface area contributed by atoms with Crippen LogP contribution in [-0.4, -0.2) is 15.0 Å².